The first kappa shape index (κ1) is 16.7. The number of nitrogens with two attached hydrogens (primary N) is 1. The molecule has 0 aliphatic carbocycles. The number of esters is 1. The highest BCUT2D eigenvalue weighted by Crippen LogP contribution is 2.36. The molecule has 1 aromatic rings. The van der Waals surface area contributed by atoms with E-state index in [1.165, 1.54) is 6.92 Å². The van der Waals surface area contributed by atoms with E-state index >= 15 is 0 Å². The first-order valence-corrected chi connectivity index (χ1v) is 5.99. The summed E-state index contributed by atoms with van der Waals surface area (Å²) in [5, 5.41) is -0.610. The van der Waals surface area contributed by atoms with E-state index in [9.17, 15) is 22.4 Å². The molecule has 0 heterocycles. The third-order valence-electron chi connectivity index (χ3n) is 2.51. The standard InChI is InChI=1S/C12H12ClF4NO2/c1-2-20-11(19)9(14)10(18)6-3-4-7(8(13)5-6)12(15,16)17/h3-5,9-10H,2,18H2,1H3/t9?,10-/m1/s1. The second-order valence-electron chi connectivity index (χ2n) is 3.92. The molecule has 0 aliphatic heterocycles. The van der Waals surface area contributed by atoms with Crippen LogP contribution in [0.4, 0.5) is 17.6 Å². The fourth-order valence-corrected chi connectivity index (χ4v) is 1.80. The summed E-state index contributed by atoms with van der Waals surface area (Å²) < 4.78 is 55.6. The van der Waals surface area contributed by atoms with Crippen molar-refractivity contribution in [2.45, 2.75) is 25.3 Å². The Morgan fingerprint density at radius 2 is 2.05 bits per heavy atom. The lowest BCUT2D eigenvalue weighted by Crippen LogP contribution is -2.31. The van der Waals surface area contributed by atoms with E-state index in [-0.39, 0.29) is 12.2 Å². The van der Waals surface area contributed by atoms with Gasteiger partial charge in [-0.2, -0.15) is 13.2 Å². The van der Waals surface area contributed by atoms with Crippen LogP contribution in [-0.4, -0.2) is 18.7 Å². The van der Waals surface area contributed by atoms with Crippen molar-refractivity contribution >= 4 is 17.6 Å². The lowest BCUT2D eigenvalue weighted by Gasteiger charge is -2.17. The van der Waals surface area contributed by atoms with Crippen LogP contribution in [0.2, 0.25) is 5.02 Å². The fourth-order valence-electron chi connectivity index (χ4n) is 1.51. The highest BCUT2D eigenvalue weighted by atomic mass is 35.5. The first-order valence-electron chi connectivity index (χ1n) is 5.61. The van der Waals surface area contributed by atoms with Gasteiger partial charge in [0.2, 0.25) is 6.17 Å². The molecule has 0 saturated heterocycles. The van der Waals surface area contributed by atoms with Gasteiger partial charge in [0.05, 0.1) is 23.2 Å². The monoisotopic (exact) mass is 313 g/mol. The number of carbonyl (C=O) groups is 1. The molecule has 0 aliphatic rings. The number of hydrogen-bond donors (Lipinski definition) is 1. The Bertz CT molecular complexity index is 493. The van der Waals surface area contributed by atoms with Gasteiger partial charge in [0, 0.05) is 0 Å². The molecule has 3 nitrogen and oxygen atoms in total. The van der Waals surface area contributed by atoms with Crippen molar-refractivity contribution in [3.8, 4) is 0 Å². The minimum atomic E-state index is -4.62. The lowest BCUT2D eigenvalue weighted by molar-refractivity contribution is -0.150. The molecule has 0 radical (unpaired) electrons. The van der Waals surface area contributed by atoms with Gasteiger partial charge in [-0.15, -0.1) is 0 Å². The Morgan fingerprint density at radius 1 is 1.45 bits per heavy atom. The maximum Gasteiger partial charge on any atom is 0.417 e. The molecule has 0 saturated carbocycles. The minimum Gasteiger partial charge on any atom is -0.464 e. The Morgan fingerprint density at radius 3 is 2.50 bits per heavy atom. The Kier molecular flexibility index (Phi) is 5.35. The smallest absolute Gasteiger partial charge is 0.417 e. The van der Waals surface area contributed by atoms with Crippen molar-refractivity contribution in [3.63, 3.8) is 0 Å². The molecule has 1 rings (SSSR count). The van der Waals surface area contributed by atoms with Crippen LogP contribution in [-0.2, 0) is 15.7 Å². The third kappa shape index (κ3) is 3.83. The van der Waals surface area contributed by atoms with Crippen LogP contribution in [0.25, 0.3) is 0 Å². The van der Waals surface area contributed by atoms with Crippen LogP contribution in [0.15, 0.2) is 18.2 Å². The van der Waals surface area contributed by atoms with Crippen LogP contribution >= 0.6 is 11.6 Å². The average Bonchev–Trinajstić information content (AvgIpc) is 2.35. The number of hydrogen-bond acceptors (Lipinski definition) is 3. The molecule has 112 valence electrons. The van der Waals surface area contributed by atoms with Gasteiger partial charge in [-0.25, -0.2) is 9.18 Å². The largest absolute Gasteiger partial charge is 0.464 e. The maximum atomic E-state index is 13.7. The molecule has 20 heavy (non-hydrogen) atoms. The zero-order chi connectivity index (χ0) is 15.5. The summed E-state index contributed by atoms with van der Waals surface area (Å²) >= 11 is 5.49. The zero-order valence-electron chi connectivity index (χ0n) is 10.4. The van der Waals surface area contributed by atoms with Crippen molar-refractivity contribution in [1.82, 2.24) is 0 Å². The Labute approximate surface area is 117 Å². The molecular weight excluding hydrogens is 302 g/mol. The van der Waals surface area contributed by atoms with Crippen molar-refractivity contribution < 1.29 is 27.1 Å². The fraction of sp³-hybridized carbons (Fsp3) is 0.417. The molecule has 0 fully saturated rings. The van der Waals surface area contributed by atoms with Crippen molar-refractivity contribution in [2.24, 2.45) is 5.73 Å². The minimum absolute atomic E-state index is 0.0245. The van der Waals surface area contributed by atoms with Crippen LogP contribution < -0.4 is 5.73 Å². The molecule has 0 amide bonds. The van der Waals surface area contributed by atoms with E-state index in [1.807, 2.05) is 0 Å². The van der Waals surface area contributed by atoms with E-state index in [4.69, 9.17) is 17.3 Å². The Hall–Kier alpha value is -1.34. The van der Waals surface area contributed by atoms with Gasteiger partial charge in [0.25, 0.3) is 0 Å². The second kappa shape index (κ2) is 6.41. The van der Waals surface area contributed by atoms with Gasteiger partial charge in [0.15, 0.2) is 0 Å². The van der Waals surface area contributed by atoms with Gasteiger partial charge in [-0.05, 0) is 24.6 Å². The van der Waals surface area contributed by atoms with Gasteiger partial charge in [-0.3, -0.25) is 0 Å². The van der Waals surface area contributed by atoms with Crippen molar-refractivity contribution in [3.05, 3.63) is 34.3 Å². The van der Waals surface area contributed by atoms with E-state index in [0.29, 0.717) is 6.07 Å². The van der Waals surface area contributed by atoms with Gasteiger partial charge in [-0.1, -0.05) is 17.7 Å². The van der Waals surface area contributed by atoms with Crippen molar-refractivity contribution in [2.75, 3.05) is 6.61 Å². The van der Waals surface area contributed by atoms with Crippen LogP contribution in [0.5, 0.6) is 0 Å². The summed E-state index contributed by atoms with van der Waals surface area (Å²) in [7, 11) is 0. The first-order chi connectivity index (χ1) is 9.18. The predicted octanol–water partition coefficient (Wildman–Crippen LogP) is 3.26. The summed E-state index contributed by atoms with van der Waals surface area (Å²) in [4.78, 5) is 11.2. The number of halogens is 5. The van der Waals surface area contributed by atoms with E-state index in [1.54, 1.807) is 0 Å². The number of rotatable bonds is 4. The number of alkyl halides is 4. The van der Waals surface area contributed by atoms with E-state index in [2.05, 4.69) is 4.74 Å². The lowest BCUT2D eigenvalue weighted by atomic mass is 10.0. The molecule has 0 aromatic heterocycles. The van der Waals surface area contributed by atoms with Crippen LogP contribution in [0, 0.1) is 0 Å². The SMILES string of the molecule is CCOC(=O)C(F)[C@H](N)c1ccc(C(F)(F)F)c(Cl)c1. The molecule has 0 spiro atoms. The molecular formula is C12H12ClF4NO2. The summed E-state index contributed by atoms with van der Waals surface area (Å²) in [6.45, 7) is 1.46. The zero-order valence-corrected chi connectivity index (χ0v) is 11.1. The Balaban J connectivity index is 2.98. The highest BCUT2D eigenvalue weighted by molar-refractivity contribution is 6.31. The molecule has 1 aromatic carbocycles. The third-order valence-corrected chi connectivity index (χ3v) is 2.82. The van der Waals surface area contributed by atoms with Gasteiger partial charge in [0.1, 0.15) is 0 Å². The molecule has 2 N–H and O–H groups in total. The van der Waals surface area contributed by atoms with Gasteiger partial charge >= 0.3 is 12.1 Å². The summed E-state index contributed by atoms with van der Waals surface area (Å²) in [6, 6.07) is 1.11. The average molecular weight is 314 g/mol. The quantitative estimate of drug-likeness (QED) is 0.685. The maximum absolute atomic E-state index is 13.7. The molecule has 8 heteroatoms. The van der Waals surface area contributed by atoms with E-state index < -0.39 is 34.9 Å². The van der Waals surface area contributed by atoms with Gasteiger partial charge < -0.3 is 10.5 Å². The normalized spacial score (nSPS) is 14.8. The highest BCUT2D eigenvalue weighted by Gasteiger charge is 2.34. The molecule has 2 atom stereocenters. The molecule has 0 bridgehead atoms. The number of benzene rings is 1. The number of ether oxygens (including phenoxy) is 1. The second-order valence-corrected chi connectivity index (χ2v) is 4.32. The van der Waals surface area contributed by atoms with Crippen molar-refractivity contribution in [1.29, 1.82) is 0 Å². The summed E-state index contributed by atoms with van der Waals surface area (Å²) in [5.74, 6) is -1.17. The van der Waals surface area contributed by atoms with Crippen LogP contribution in [0.1, 0.15) is 24.1 Å². The number of carbonyl (C=O) groups excluding carboxylic acids is 1. The summed E-state index contributed by atoms with van der Waals surface area (Å²) in [6.07, 6.45) is -6.79. The van der Waals surface area contributed by atoms with E-state index in [0.717, 1.165) is 12.1 Å². The van der Waals surface area contributed by atoms with Crippen LogP contribution in [0.3, 0.4) is 0 Å². The summed E-state index contributed by atoms with van der Waals surface area (Å²) in [5.41, 5.74) is 4.40. The topological polar surface area (TPSA) is 52.3 Å². The predicted molar refractivity (Wildman–Crippen MR) is 64.9 cm³/mol. The molecule has 1 unspecified atom stereocenters.